The highest BCUT2D eigenvalue weighted by Crippen LogP contribution is 2.31. The van der Waals surface area contributed by atoms with E-state index in [1.807, 2.05) is 0 Å². The summed E-state index contributed by atoms with van der Waals surface area (Å²) >= 11 is 1.35. The van der Waals surface area contributed by atoms with Crippen LogP contribution in [-0.4, -0.2) is 9.97 Å². The zero-order valence-corrected chi connectivity index (χ0v) is 9.06. The molecule has 0 radical (unpaired) electrons. The predicted octanol–water partition coefficient (Wildman–Crippen LogP) is 3.53. The van der Waals surface area contributed by atoms with Gasteiger partial charge in [-0.3, -0.25) is 0 Å². The van der Waals surface area contributed by atoms with Crippen molar-refractivity contribution in [1.82, 2.24) is 9.97 Å². The van der Waals surface area contributed by atoms with E-state index in [1.54, 1.807) is 17.5 Å². The summed E-state index contributed by atoms with van der Waals surface area (Å²) in [4.78, 5) is 8.08. The van der Waals surface area contributed by atoms with Gasteiger partial charge in [0, 0.05) is 0 Å². The van der Waals surface area contributed by atoms with Crippen molar-refractivity contribution in [3.63, 3.8) is 0 Å². The molecule has 16 heavy (non-hydrogen) atoms. The zero-order chi connectivity index (χ0) is 11.8. The van der Waals surface area contributed by atoms with Crippen LogP contribution >= 0.6 is 11.3 Å². The summed E-state index contributed by atoms with van der Waals surface area (Å²) in [5.74, 6) is 0.123. The van der Waals surface area contributed by atoms with Gasteiger partial charge in [0.1, 0.15) is 11.5 Å². The molecule has 2 rings (SSSR count). The summed E-state index contributed by atoms with van der Waals surface area (Å²) in [7, 11) is 0. The Morgan fingerprint density at radius 2 is 2.00 bits per heavy atom. The van der Waals surface area contributed by atoms with E-state index < -0.39 is 11.9 Å². The first kappa shape index (κ1) is 11.1. The molecule has 0 N–H and O–H groups in total. The van der Waals surface area contributed by atoms with Gasteiger partial charge < -0.3 is 0 Å². The van der Waals surface area contributed by atoms with Crippen LogP contribution in [0.3, 0.4) is 0 Å². The van der Waals surface area contributed by atoms with Crippen LogP contribution in [0.5, 0.6) is 0 Å². The first-order chi connectivity index (χ1) is 7.47. The third-order valence-corrected chi connectivity index (χ3v) is 2.79. The lowest BCUT2D eigenvalue weighted by atomic mass is 10.2. The van der Waals surface area contributed by atoms with E-state index in [4.69, 9.17) is 0 Å². The fourth-order valence-corrected chi connectivity index (χ4v) is 1.95. The lowest BCUT2D eigenvalue weighted by Crippen LogP contribution is -2.10. The van der Waals surface area contributed by atoms with E-state index in [0.29, 0.717) is 10.6 Å². The highest BCUT2D eigenvalue weighted by Gasteiger charge is 2.33. The molecule has 0 saturated carbocycles. The van der Waals surface area contributed by atoms with Crippen molar-refractivity contribution in [3.05, 3.63) is 35.1 Å². The second-order valence-corrected chi connectivity index (χ2v) is 4.11. The van der Waals surface area contributed by atoms with Crippen molar-refractivity contribution in [2.45, 2.75) is 13.1 Å². The molecule has 0 aromatic carbocycles. The van der Waals surface area contributed by atoms with Crippen LogP contribution in [0.4, 0.5) is 13.2 Å². The van der Waals surface area contributed by atoms with Gasteiger partial charge in [0.15, 0.2) is 0 Å². The van der Waals surface area contributed by atoms with Crippen LogP contribution in [0.1, 0.15) is 11.5 Å². The molecule has 6 heteroatoms. The third-order valence-electron chi connectivity index (χ3n) is 1.90. The fourth-order valence-electron chi connectivity index (χ4n) is 1.26. The van der Waals surface area contributed by atoms with Crippen molar-refractivity contribution in [3.8, 4) is 10.6 Å². The molecule has 0 fully saturated rings. The zero-order valence-electron chi connectivity index (χ0n) is 8.25. The van der Waals surface area contributed by atoms with Gasteiger partial charge >= 0.3 is 6.18 Å². The van der Waals surface area contributed by atoms with E-state index in [9.17, 15) is 13.2 Å². The van der Waals surface area contributed by atoms with E-state index in [1.165, 1.54) is 18.3 Å². The van der Waals surface area contributed by atoms with E-state index in [0.717, 1.165) is 6.07 Å². The van der Waals surface area contributed by atoms with Gasteiger partial charge in [0.25, 0.3) is 0 Å². The normalized spacial score (nSPS) is 11.8. The Morgan fingerprint density at radius 1 is 1.25 bits per heavy atom. The molecule has 0 aliphatic carbocycles. The van der Waals surface area contributed by atoms with Crippen LogP contribution in [0.25, 0.3) is 10.6 Å². The van der Waals surface area contributed by atoms with Crippen LogP contribution in [0.2, 0.25) is 0 Å². The Labute approximate surface area is 93.8 Å². The lowest BCUT2D eigenvalue weighted by Gasteiger charge is -2.07. The Hall–Kier alpha value is -1.43. The van der Waals surface area contributed by atoms with Crippen LogP contribution in [0, 0.1) is 6.92 Å². The number of aryl methyl sites for hydroxylation is 1. The molecule has 2 aromatic rings. The van der Waals surface area contributed by atoms with Gasteiger partial charge in [-0.1, -0.05) is 6.07 Å². The number of hydrogen-bond donors (Lipinski definition) is 0. The summed E-state index contributed by atoms with van der Waals surface area (Å²) in [5, 5.41) is 1.79. The first-order valence-electron chi connectivity index (χ1n) is 4.43. The molecule has 0 spiro atoms. The summed E-state index contributed by atoms with van der Waals surface area (Å²) < 4.78 is 37.5. The Kier molecular flexibility index (Phi) is 2.67. The molecule has 2 nitrogen and oxygen atoms in total. The highest BCUT2D eigenvalue weighted by molar-refractivity contribution is 7.13. The van der Waals surface area contributed by atoms with Crippen LogP contribution < -0.4 is 0 Å². The standard InChI is InChI=1S/C10H7F3N2S/c1-6-14-7(8-3-2-4-16-8)5-9(15-6)10(11,12)13/h2-5H,1H3. The number of hydrogen-bond acceptors (Lipinski definition) is 3. The molecule has 0 aliphatic heterocycles. The summed E-state index contributed by atoms with van der Waals surface area (Å²) in [6.45, 7) is 1.45. The summed E-state index contributed by atoms with van der Waals surface area (Å²) in [5.41, 5.74) is -0.585. The van der Waals surface area contributed by atoms with Crippen LogP contribution in [0.15, 0.2) is 23.6 Å². The predicted molar refractivity (Wildman–Crippen MR) is 55.1 cm³/mol. The second-order valence-electron chi connectivity index (χ2n) is 3.16. The molecule has 0 bridgehead atoms. The average molecular weight is 244 g/mol. The minimum absolute atomic E-state index is 0.123. The monoisotopic (exact) mass is 244 g/mol. The average Bonchev–Trinajstić information content (AvgIpc) is 2.68. The van der Waals surface area contributed by atoms with Crippen molar-refractivity contribution in [2.24, 2.45) is 0 Å². The SMILES string of the molecule is Cc1nc(-c2cccs2)cc(C(F)(F)F)n1. The second kappa shape index (κ2) is 3.86. The highest BCUT2D eigenvalue weighted by atomic mass is 32.1. The third kappa shape index (κ3) is 2.21. The molecule has 0 aliphatic rings. The smallest absolute Gasteiger partial charge is 0.232 e. The minimum atomic E-state index is -4.43. The Balaban J connectivity index is 2.53. The Bertz CT molecular complexity index is 491. The topological polar surface area (TPSA) is 25.8 Å². The minimum Gasteiger partial charge on any atom is -0.232 e. The molecule has 2 heterocycles. The number of rotatable bonds is 1. The number of thiophene rings is 1. The van der Waals surface area contributed by atoms with Crippen molar-refractivity contribution < 1.29 is 13.2 Å². The molecular weight excluding hydrogens is 237 g/mol. The van der Waals surface area contributed by atoms with Crippen molar-refractivity contribution in [1.29, 1.82) is 0 Å². The molecule has 0 atom stereocenters. The maximum Gasteiger partial charge on any atom is 0.433 e. The molecule has 0 saturated heterocycles. The number of alkyl halides is 3. The van der Waals surface area contributed by atoms with Gasteiger partial charge in [0.05, 0.1) is 10.6 Å². The Morgan fingerprint density at radius 3 is 2.56 bits per heavy atom. The lowest BCUT2D eigenvalue weighted by molar-refractivity contribution is -0.141. The van der Waals surface area contributed by atoms with Gasteiger partial charge in [-0.05, 0) is 24.4 Å². The molecule has 2 aromatic heterocycles. The van der Waals surface area contributed by atoms with Crippen molar-refractivity contribution >= 4 is 11.3 Å². The van der Waals surface area contributed by atoms with Gasteiger partial charge in [-0.25, -0.2) is 9.97 Å². The van der Waals surface area contributed by atoms with E-state index in [-0.39, 0.29) is 5.82 Å². The largest absolute Gasteiger partial charge is 0.433 e. The van der Waals surface area contributed by atoms with Gasteiger partial charge in [0.2, 0.25) is 0 Å². The molecule has 0 amide bonds. The van der Waals surface area contributed by atoms with E-state index >= 15 is 0 Å². The number of nitrogens with zero attached hydrogens (tertiary/aromatic N) is 2. The van der Waals surface area contributed by atoms with Crippen molar-refractivity contribution in [2.75, 3.05) is 0 Å². The molecular formula is C10H7F3N2S. The van der Waals surface area contributed by atoms with Crippen LogP contribution in [-0.2, 0) is 6.18 Å². The summed E-state index contributed by atoms with van der Waals surface area (Å²) in [6.07, 6.45) is -4.43. The first-order valence-corrected chi connectivity index (χ1v) is 5.31. The summed E-state index contributed by atoms with van der Waals surface area (Å²) in [6, 6.07) is 4.47. The molecule has 0 unspecified atom stereocenters. The quantitative estimate of drug-likeness (QED) is 0.766. The number of halogens is 3. The van der Waals surface area contributed by atoms with Gasteiger partial charge in [-0.15, -0.1) is 11.3 Å². The van der Waals surface area contributed by atoms with Gasteiger partial charge in [-0.2, -0.15) is 13.2 Å². The fraction of sp³-hybridized carbons (Fsp3) is 0.200. The maximum atomic E-state index is 12.5. The maximum absolute atomic E-state index is 12.5. The number of aromatic nitrogens is 2. The molecule has 84 valence electrons. The van der Waals surface area contributed by atoms with E-state index in [2.05, 4.69) is 9.97 Å².